The van der Waals surface area contributed by atoms with Gasteiger partial charge in [0.15, 0.2) is 0 Å². The number of aromatic carboxylic acids is 1. The maximum absolute atomic E-state index is 13.9. The molecule has 2 aliphatic heterocycles. The molecule has 0 aromatic heterocycles. The van der Waals surface area contributed by atoms with Crippen LogP contribution in [0.1, 0.15) is 30.1 Å². The maximum Gasteiger partial charge on any atom is 0.335 e. The van der Waals surface area contributed by atoms with Crippen LogP contribution in [0.15, 0.2) is 18.2 Å². The van der Waals surface area contributed by atoms with E-state index in [1.807, 2.05) is 6.92 Å². The molecule has 2 N–H and O–H groups in total. The number of amides is 2. The summed E-state index contributed by atoms with van der Waals surface area (Å²) >= 11 is 1.55. The monoisotopic (exact) mass is 338 g/mol. The van der Waals surface area contributed by atoms with Crippen LogP contribution in [0.5, 0.6) is 0 Å². The number of fused-ring (bicyclic) bond motifs is 1. The van der Waals surface area contributed by atoms with Crippen molar-refractivity contribution in [3.8, 4) is 0 Å². The lowest BCUT2D eigenvalue weighted by molar-refractivity contribution is -0.135. The van der Waals surface area contributed by atoms with Gasteiger partial charge >= 0.3 is 5.97 Å². The molecule has 23 heavy (non-hydrogen) atoms. The summed E-state index contributed by atoms with van der Waals surface area (Å²) in [5, 5.41) is 11.3. The first kappa shape index (κ1) is 15.8. The maximum atomic E-state index is 13.9. The van der Waals surface area contributed by atoms with Gasteiger partial charge in [-0.2, -0.15) is 0 Å². The zero-order chi connectivity index (χ0) is 16.8. The zero-order valence-electron chi connectivity index (χ0n) is 12.3. The Bertz CT molecular complexity index is 711. The van der Waals surface area contributed by atoms with Crippen molar-refractivity contribution in [3.05, 3.63) is 29.6 Å². The van der Waals surface area contributed by atoms with Gasteiger partial charge in [-0.3, -0.25) is 9.59 Å². The normalized spacial score (nSPS) is 26.3. The van der Waals surface area contributed by atoms with Crippen molar-refractivity contribution >= 4 is 35.2 Å². The first-order valence-corrected chi connectivity index (χ1v) is 8.10. The number of carbonyl (C=O) groups is 3. The molecule has 2 heterocycles. The lowest BCUT2D eigenvalue weighted by Crippen LogP contribution is -2.48. The first-order chi connectivity index (χ1) is 10.8. The van der Waals surface area contributed by atoms with Gasteiger partial charge in [0.25, 0.3) is 0 Å². The van der Waals surface area contributed by atoms with Gasteiger partial charge in [-0.1, -0.05) is 0 Å². The van der Waals surface area contributed by atoms with Crippen LogP contribution in [0.3, 0.4) is 0 Å². The van der Waals surface area contributed by atoms with E-state index in [4.69, 9.17) is 5.11 Å². The number of benzene rings is 1. The molecule has 0 spiro atoms. The van der Waals surface area contributed by atoms with Gasteiger partial charge in [0, 0.05) is 12.2 Å². The van der Waals surface area contributed by atoms with E-state index >= 15 is 0 Å². The second-order valence-electron chi connectivity index (χ2n) is 5.75. The number of rotatable bonds is 3. The number of carboxylic acids is 1. The van der Waals surface area contributed by atoms with Crippen molar-refractivity contribution in [2.45, 2.75) is 30.7 Å². The molecule has 6 nitrogen and oxygen atoms in total. The Hall–Kier alpha value is -2.09. The van der Waals surface area contributed by atoms with E-state index in [1.165, 1.54) is 12.1 Å². The van der Waals surface area contributed by atoms with Crippen LogP contribution in [-0.4, -0.2) is 44.5 Å². The number of thioether (sulfide) groups is 1. The third-order valence-corrected chi connectivity index (χ3v) is 5.73. The van der Waals surface area contributed by atoms with Crippen molar-refractivity contribution in [2.75, 3.05) is 11.1 Å². The molecule has 2 fully saturated rings. The van der Waals surface area contributed by atoms with Gasteiger partial charge in [0.2, 0.25) is 11.8 Å². The van der Waals surface area contributed by atoms with Crippen LogP contribution in [0.4, 0.5) is 10.1 Å². The molecular weight excluding hydrogens is 323 g/mol. The standard InChI is InChI=1S/C15H15FN2O4S/c1-15-5-4-12(19)18(15)11(7-23-15)13(20)17-10-3-2-8(14(21)22)6-9(10)16/h2-3,6,11H,4-5,7H2,1H3,(H,17,20)(H,21,22). The van der Waals surface area contributed by atoms with E-state index in [0.29, 0.717) is 18.6 Å². The number of halogens is 1. The minimum atomic E-state index is -1.24. The number of carbonyl (C=O) groups excluding carboxylic acids is 2. The van der Waals surface area contributed by atoms with Gasteiger partial charge in [-0.15, -0.1) is 11.8 Å². The van der Waals surface area contributed by atoms with Gasteiger partial charge in [0.1, 0.15) is 11.9 Å². The Morgan fingerprint density at radius 1 is 1.48 bits per heavy atom. The van der Waals surface area contributed by atoms with Gasteiger partial charge in [-0.25, -0.2) is 9.18 Å². The molecule has 2 atom stereocenters. The van der Waals surface area contributed by atoms with E-state index in [2.05, 4.69) is 5.32 Å². The predicted octanol–water partition coefficient (Wildman–Crippen LogP) is 1.92. The van der Waals surface area contributed by atoms with Crippen LogP contribution in [0.2, 0.25) is 0 Å². The molecule has 1 aromatic carbocycles. The number of hydrogen-bond acceptors (Lipinski definition) is 4. The van der Waals surface area contributed by atoms with E-state index in [9.17, 15) is 18.8 Å². The van der Waals surface area contributed by atoms with E-state index in [-0.39, 0.29) is 22.0 Å². The van der Waals surface area contributed by atoms with Crippen LogP contribution in [-0.2, 0) is 9.59 Å². The topological polar surface area (TPSA) is 86.7 Å². The van der Waals surface area contributed by atoms with E-state index in [1.54, 1.807) is 16.7 Å². The number of nitrogens with zero attached hydrogens (tertiary/aromatic N) is 1. The number of carboxylic acid groups (broad SMARTS) is 1. The second-order valence-corrected chi connectivity index (χ2v) is 7.26. The quantitative estimate of drug-likeness (QED) is 0.879. The van der Waals surface area contributed by atoms with Crippen molar-refractivity contribution in [3.63, 3.8) is 0 Å². The predicted molar refractivity (Wildman–Crippen MR) is 82.7 cm³/mol. The summed E-state index contributed by atoms with van der Waals surface area (Å²) in [6.45, 7) is 1.93. The number of anilines is 1. The second kappa shape index (κ2) is 5.52. The fourth-order valence-corrected chi connectivity index (χ4v) is 4.41. The number of hydrogen-bond donors (Lipinski definition) is 2. The molecule has 2 unspecified atom stereocenters. The molecule has 3 rings (SSSR count). The third kappa shape index (κ3) is 2.67. The Kier molecular flexibility index (Phi) is 3.79. The van der Waals surface area contributed by atoms with Crippen molar-refractivity contribution in [2.24, 2.45) is 0 Å². The molecule has 2 saturated heterocycles. The highest BCUT2D eigenvalue weighted by molar-refractivity contribution is 8.01. The SMILES string of the molecule is CC12CCC(=O)N1C(C(=O)Nc1ccc(C(=O)O)cc1F)CS2. The van der Waals surface area contributed by atoms with Crippen molar-refractivity contribution in [1.82, 2.24) is 4.90 Å². The highest BCUT2D eigenvalue weighted by atomic mass is 32.2. The summed E-state index contributed by atoms with van der Waals surface area (Å²) in [6, 6.07) is 2.64. The highest BCUT2D eigenvalue weighted by Crippen LogP contribution is 2.47. The average Bonchev–Trinajstić information content (AvgIpc) is 2.98. The third-order valence-electron chi connectivity index (χ3n) is 4.22. The Balaban J connectivity index is 1.78. The first-order valence-electron chi connectivity index (χ1n) is 7.12. The minimum Gasteiger partial charge on any atom is -0.478 e. The molecule has 0 bridgehead atoms. The van der Waals surface area contributed by atoms with Crippen LogP contribution < -0.4 is 5.32 Å². The molecule has 0 radical (unpaired) electrons. The Morgan fingerprint density at radius 3 is 2.87 bits per heavy atom. The fourth-order valence-electron chi connectivity index (χ4n) is 2.98. The summed E-state index contributed by atoms with van der Waals surface area (Å²) in [7, 11) is 0. The van der Waals surface area contributed by atoms with E-state index in [0.717, 1.165) is 6.07 Å². The molecular formula is C15H15FN2O4S. The lowest BCUT2D eigenvalue weighted by atomic mass is 10.1. The smallest absolute Gasteiger partial charge is 0.335 e. The molecule has 0 saturated carbocycles. The van der Waals surface area contributed by atoms with Gasteiger partial charge < -0.3 is 15.3 Å². The highest BCUT2D eigenvalue weighted by Gasteiger charge is 2.52. The Labute approximate surface area is 136 Å². The summed E-state index contributed by atoms with van der Waals surface area (Å²) < 4.78 is 13.9. The number of nitrogens with one attached hydrogen (secondary N) is 1. The van der Waals surface area contributed by atoms with Crippen LogP contribution >= 0.6 is 11.8 Å². The van der Waals surface area contributed by atoms with Crippen molar-refractivity contribution in [1.29, 1.82) is 0 Å². The largest absolute Gasteiger partial charge is 0.478 e. The van der Waals surface area contributed by atoms with Crippen molar-refractivity contribution < 1.29 is 23.9 Å². The fraction of sp³-hybridized carbons (Fsp3) is 0.400. The summed E-state index contributed by atoms with van der Waals surface area (Å²) in [5.41, 5.74) is -0.288. The van der Waals surface area contributed by atoms with E-state index < -0.39 is 23.7 Å². The molecule has 122 valence electrons. The molecule has 2 aliphatic rings. The molecule has 0 aliphatic carbocycles. The average molecular weight is 338 g/mol. The lowest BCUT2D eigenvalue weighted by Gasteiger charge is -2.29. The summed E-state index contributed by atoms with van der Waals surface area (Å²) in [6.07, 6.45) is 1.11. The zero-order valence-corrected chi connectivity index (χ0v) is 13.2. The van der Waals surface area contributed by atoms with Gasteiger partial charge in [0.05, 0.1) is 16.1 Å². The molecule has 2 amide bonds. The minimum absolute atomic E-state index is 0.0700. The van der Waals surface area contributed by atoms with Crippen LogP contribution in [0.25, 0.3) is 0 Å². The van der Waals surface area contributed by atoms with Gasteiger partial charge in [-0.05, 0) is 31.5 Å². The molecule has 1 aromatic rings. The van der Waals surface area contributed by atoms with Crippen LogP contribution in [0, 0.1) is 5.82 Å². The Morgan fingerprint density at radius 2 is 2.22 bits per heavy atom. The summed E-state index contributed by atoms with van der Waals surface area (Å²) in [4.78, 5) is 36.4. The molecule has 8 heteroatoms. The summed E-state index contributed by atoms with van der Waals surface area (Å²) in [5.74, 6) is -2.13.